The van der Waals surface area contributed by atoms with Gasteiger partial charge in [0.15, 0.2) is 5.82 Å². The van der Waals surface area contributed by atoms with Crippen LogP contribution in [0.4, 0.5) is 11.5 Å². The summed E-state index contributed by atoms with van der Waals surface area (Å²) in [4.78, 5) is 26.4. The highest BCUT2D eigenvalue weighted by molar-refractivity contribution is 5.79. The van der Waals surface area contributed by atoms with Crippen LogP contribution in [0.2, 0.25) is 0 Å². The van der Waals surface area contributed by atoms with E-state index in [2.05, 4.69) is 44.1 Å². The number of hydrogen-bond donors (Lipinski definition) is 1. The number of rotatable bonds is 5. The summed E-state index contributed by atoms with van der Waals surface area (Å²) in [6.45, 7) is 5.92. The van der Waals surface area contributed by atoms with Crippen molar-refractivity contribution in [3.05, 3.63) is 48.4 Å². The topological polar surface area (TPSA) is 61.4 Å². The molecule has 3 heterocycles. The molecule has 1 amide bonds. The van der Waals surface area contributed by atoms with Crippen LogP contribution in [0.1, 0.15) is 50.6 Å². The molecule has 0 spiro atoms. The minimum Gasteiger partial charge on any atom is -0.367 e. The first-order valence-corrected chi connectivity index (χ1v) is 10.9. The molecule has 2 aliphatic heterocycles. The van der Waals surface area contributed by atoms with Gasteiger partial charge < -0.3 is 15.1 Å². The Hall–Kier alpha value is -2.63. The van der Waals surface area contributed by atoms with Crippen molar-refractivity contribution >= 4 is 17.4 Å². The van der Waals surface area contributed by atoms with Gasteiger partial charge in [-0.2, -0.15) is 0 Å². The van der Waals surface area contributed by atoms with Crippen molar-refractivity contribution in [1.82, 2.24) is 15.3 Å². The summed E-state index contributed by atoms with van der Waals surface area (Å²) in [5.74, 6) is 1.29. The number of piperidine rings is 2. The molecule has 0 aliphatic carbocycles. The first kappa shape index (κ1) is 19.7. The highest BCUT2D eigenvalue weighted by atomic mass is 16.1. The zero-order valence-electron chi connectivity index (χ0n) is 17.3. The molecule has 6 nitrogen and oxygen atoms in total. The van der Waals surface area contributed by atoms with Crippen LogP contribution >= 0.6 is 0 Å². The number of amides is 1. The van der Waals surface area contributed by atoms with E-state index in [4.69, 9.17) is 0 Å². The van der Waals surface area contributed by atoms with E-state index in [1.165, 1.54) is 19.3 Å². The Morgan fingerprint density at radius 2 is 1.76 bits per heavy atom. The van der Waals surface area contributed by atoms with Crippen molar-refractivity contribution in [3.63, 3.8) is 0 Å². The summed E-state index contributed by atoms with van der Waals surface area (Å²) in [7, 11) is 0. The van der Waals surface area contributed by atoms with Crippen molar-refractivity contribution in [1.29, 1.82) is 0 Å². The van der Waals surface area contributed by atoms with Crippen LogP contribution in [0.5, 0.6) is 0 Å². The predicted octanol–water partition coefficient (Wildman–Crippen LogP) is 3.56. The maximum atomic E-state index is 12.8. The van der Waals surface area contributed by atoms with E-state index in [1.54, 1.807) is 6.33 Å². The van der Waals surface area contributed by atoms with Crippen LogP contribution in [0.25, 0.3) is 0 Å². The number of nitrogens with one attached hydrogen (secondary N) is 1. The minimum absolute atomic E-state index is 0.0370. The molecule has 0 saturated carbocycles. The molecule has 2 fully saturated rings. The number of carbonyl (C=O) groups excluding carboxylic acids is 1. The maximum Gasteiger partial charge on any atom is 0.223 e. The third kappa shape index (κ3) is 4.69. The van der Waals surface area contributed by atoms with Gasteiger partial charge in [-0.1, -0.05) is 30.3 Å². The van der Waals surface area contributed by atoms with Gasteiger partial charge in [0.2, 0.25) is 5.91 Å². The second-order valence-electron chi connectivity index (χ2n) is 8.18. The molecular weight excluding hydrogens is 362 g/mol. The van der Waals surface area contributed by atoms with Gasteiger partial charge in [0.05, 0.1) is 17.9 Å². The van der Waals surface area contributed by atoms with E-state index in [9.17, 15) is 4.79 Å². The first-order chi connectivity index (χ1) is 14.2. The Kier molecular flexibility index (Phi) is 6.27. The summed E-state index contributed by atoms with van der Waals surface area (Å²) in [5.41, 5.74) is 2.26. The van der Waals surface area contributed by atoms with Gasteiger partial charge in [-0.15, -0.1) is 0 Å². The second-order valence-corrected chi connectivity index (χ2v) is 8.18. The van der Waals surface area contributed by atoms with Gasteiger partial charge in [0.25, 0.3) is 0 Å². The predicted molar refractivity (Wildman–Crippen MR) is 116 cm³/mol. The fourth-order valence-electron chi connectivity index (χ4n) is 4.43. The third-order valence-corrected chi connectivity index (χ3v) is 6.19. The zero-order chi connectivity index (χ0) is 20.1. The molecule has 1 aromatic carbocycles. The SMILES string of the molecule is C[C@@H](NC(=O)C1CCN(c2cncnc2N2CCCCC2)CC1)c1ccccc1. The molecule has 2 aromatic rings. The second kappa shape index (κ2) is 9.25. The van der Waals surface area contributed by atoms with Gasteiger partial charge in [-0.25, -0.2) is 9.97 Å². The molecule has 0 unspecified atom stereocenters. The molecule has 1 atom stereocenters. The molecule has 6 heteroatoms. The molecule has 4 rings (SSSR count). The first-order valence-electron chi connectivity index (χ1n) is 10.9. The zero-order valence-corrected chi connectivity index (χ0v) is 17.3. The molecule has 2 saturated heterocycles. The van der Waals surface area contributed by atoms with Crippen LogP contribution in [-0.2, 0) is 4.79 Å². The van der Waals surface area contributed by atoms with Crippen molar-refractivity contribution in [2.24, 2.45) is 5.92 Å². The average Bonchev–Trinajstić information content (AvgIpc) is 2.80. The Labute approximate surface area is 173 Å². The van der Waals surface area contributed by atoms with E-state index < -0.39 is 0 Å². The molecular formula is C23H31N5O. The van der Waals surface area contributed by atoms with Crippen molar-refractivity contribution < 1.29 is 4.79 Å². The summed E-state index contributed by atoms with van der Waals surface area (Å²) >= 11 is 0. The van der Waals surface area contributed by atoms with Gasteiger partial charge in [-0.05, 0) is 44.6 Å². The number of anilines is 2. The van der Waals surface area contributed by atoms with E-state index in [-0.39, 0.29) is 17.9 Å². The lowest BCUT2D eigenvalue weighted by atomic mass is 9.95. The van der Waals surface area contributed by atoms with Crippen molar-refractivity contribution in [3.8, 4) is 0 Å². The Bertz CT molecular complexity index is 798. The normalized spacial score (nSPS) is 19.1. The van der Waals surface area contributed by atoms with Gasteiger partial charge >= 0.3 is 0 Å². The van der Waals surface area contributed by atoms with Gasteiger partial charge in [-0.3, -0.25) is 4.79 Å². The molecule has 1 N–H and O–H groups in total. The largest absolute Gasteiger partial charge is 0.367 e. The van der Waals surface area contributed by atoms with Crippen molar-refractivity contribution in [2.45, 2.75) is 45.1 Å². The van der Waals surface area contributed by atoms with Crippen molar-refractivity contribution in [2.75, 3.05) is 36.0 Å². The van der Waals surface area contributed by atoms with Crippen LogP contribution in [-0.4, -0.2) is 42.1 Å². The summed E-state index contributed by atoms with van der Waals surface area (Å²) < 4.78 is 0. The van der Waals surface area contributed by atoms with Crippen LogP contribution in [0.15, 0.2) is 42.9 Å². The van der Waals surface area contributed by atoms with E-state index in [0.29, 0.717) is 0 Å². The molecule has 1 aromatic heterocycles. The molecule has 2 aliphatic rings. The minimum atomic E-state index is 0.0370. The Morgan fingerprint density at radius 1 is 1.03 bits per heavy atom. The smallest absolute Gasteiger partial charge is 0.223 e. The summed E-state index contributed by atoms with van der Waals surface area (Å²) in [6.07, 6.45) is 9.08. The molecule has 29 heavy (non-hydrogen) atoms. The summed E-state index contributed by atoms with van der Waals surface area (Å²) in [5, 5.41) is 3.19. The number of benzene rings is 1. The quantitative estimate of drug-likeness (QED) is 0.842. The maximum absolute atomic E-state index is 12.8. The van der Waals surface area contributed by atoms with Crippen LogP contribution < -0.4 is 15.1 Å². The lowest BCUT2D eigenvalue weighted by Crippen LogP contribution is -2.42. The lowest BCUT2D eigenvalue weighted by molar-refractivity contribution is -0.126. The molecule has 0 bridgehead atoms. The van der Waals surface area contributed by atoms with E-state index in [1.807, 2.05) is 24.4 Å². The highest BCUT2D eigenvalue weighted by Gasteiger charge is 2.28. The Morgan fingerprint density at radius 3 is 2.48 bits per heavy atom. The number of aromatic nitrogens is 2. The lowest BCUT2D eigenvalue weighted by Gasteiger charge is -2.36. The standard InChI is InChI=1S/C23H31N5O/c1-18(19-8-4-2-5-9-19)26-23(29)20-10-14-27(15-11-20)21-16-24-17-25-22(21)28-12-6-3-7-13-28/h2,4-5,8-9,16-18,20H,3,6-7,10-15H2,1H3,(H,26,29)/t18-/m1/s1. The van der Waals surface area contributed by atoms with Gasteiger partial charge in [0.1, 0.15) is 6.33 Å². The molecule has 0 radical (unpaired) electrons. The fourth-order valence-corrected chi connectivity index (χ4v) is 4.43. The molecule has 154 valence electrons. The number of nitrogens with zero attached hydrogens (tertiary/aromatic N) is 4. The number of hydrogen-bond acceptors (Lipinski definition) is 5. The highest BCUT2D eigenvalue weighted by Crippen LogP contribution is 2.31. The van der Waals surface area contributed by atoms with E-state index in [0.717, 1.165) is 56.1 Å². The Balaban J connectivity index is 1.35. The van der Waals surface area contributed by atoms with Gasteiger partial charge in [0, 0.05) is 32.1 Å². The number of carbonyl (C=O) groups is 1. The van der Waals surface area contributed by atoms with Crippen LogP contribution in [0, 0.1) is 5.92 Å². The third-order valence-electron chi connectivity index (χ3n) is 6.19. The monoisotopic (exact) mass is 393 g/mol. The van der Waals surface area contributed by atoms with Crippen LogP contribution in [0.3, 0.4) is 0 Å². The summed E-state index contributed by atoms with van der Waals surface area (Å²) in [6, 6.07) is 10.2. The van der Waals surface area contributed by atoms with E-state index >= 15 is 0 Å². The average molecular weight is 394 g/mol. The fraction of sp³-hybridized carbons (Fsp3) is 0.522.